The third kappa shape index (κ3) is 4.95. The molecule has 4 atom stereocenters. The molecule has 9 nitrogen and oxygen atoms in total. The summed E-state index contributed by atoms with van der Waals surface area (Å²) in [6, 6.07) is 15.5. The molecule has 0 bridgehead atoms. The number of nitrogens with one attached hydrogen (secondary N) is 4. The lowest BCUT2D eigenvalue weighted by Gasteiger charge is -2.28. The minimum absolute atomic E-state index is 0.0264. The maximum Gasteiger partial charge on any atom is 0.253 e. The van der Waals surface area contributed by atoms with Crippen LogP contribution in [0.1, 0.15) is 35.2 Å². The first-order valence-corrected chi connectivity index (χ1v) is 10.9. The van der Waals surface area contributed by atoms with Gasteiger partial charge in [0.1, 0.15) is 6.04 Å². The molecule has 2 amide bonds. The number of carbonyl (C=O) groups is 2. The smallest absolute Gasteiger partial charge is 0.253 e. The molecule has 1 saturated carbocycles. The van der Waals surface area contributed by atoms with Crippen LogP contribution in [0.25, 0.3) is 0 Å². The Hall–Kier alpha value is -3.30. The maximum atomic E-state index is 13.0. The Morgan fingerprint density at radius 2 is 1.78 bits per heavy atom. The van der Waals surface area contributed by atoms with Crippen molar-refractivity contribution in [3.8, 4) is 0 Å². The second-order valence-electron chi connectivity index (χ2n) is 8.32. The van der Waals surface area contributed by atoms with Gasteiger partial charge in [-0.15, -0.1) is 0 Å². The lowest BCUT2D eigenvalue weighted by atomic mass is 9.79. The van der Waals surface area contributed by atoms with Crippen LogP contribution in [0.3, 0.4) is 0 Å². The van der Waals surface area contributed by atoms with Crippen LogP contribution >= 0.6 is 0 Å². The number of fused-ring (bicyclic) bond motifs is 1. The molecule has 0 spiro atoms. The Morgan fingerprint density at radius 1 is 1.03 bits per heavy atom. The second-order valence-corrected chi connectivity index (χ2v) is 8.32. The van der Waals surface area contributed by atoms with Gasteiger partial charge in [0.05, 0.1) is 11.3 Å². The van der Waals surface area contributed by atoms with Gasteiger partial charge in [0.15, 0.2) is 0 Å². The van der Waals surface area contributed by atoms with Gasteiger partial charge < -0.3 is 10.6 Å². The van der Waals surface area contributed by atoms with Crippen LogP contribution in [0.4, 0.5) is 5.69 Å². The third-order valence-corrected chi connectivity index (χ3v) is 6.28. The molecule has 1 aliphatic heterocycles. The molecule has 4 rings (SSSR count). The van der Waals surface area contributed by atoms with Crippen molar-refractivity contribution in [3.05, 3.63) is 75.8 Å². The van der Waals surface area contributed by atoms with Crippen molar-refractivity contribution in [2.75, 3.05) is 11.9 Å². The fourth-order valence-electron chi connectivity index (χ4n) is 4.55. The summed E-state index contributed by atoms with van der Waals surface area (Å²) in [6.07, 6.45) is 2.20. The van der Waals surface area contributed by atoms with Gasteiger partial charge in [-0.3, -0.25) is 25.1 Å². The van der Waals surface area contributed by atoms with Gasteiger partial charge in [0.2, 0.25) is 11.9 Å². The predicted molar refractivity (Wildman–Crippen MR) is 120 cm³/mol. The van der Waals surface area contributed by atoms with E-state index in [-0.39, 0.29) is 28.7 Å². The Kier molecular flexibility index (Phi) is 6.77. The Balaban J connectivity index is 1.38. The van der Waals surface area contributed by atoms with E-state index in [9.17, 15) is 19.7 Å². The van der Waals surface area contributed by atoms with Crippen molar-refractivity contribution in [1.82, 2.24) is 16.2 Å². The van der Waals surface area contributed by atoms with Crippen LogP contribution in [-0.4, -0.2) is 41.4 Å². The second kappa shape index (κ2) is 9.88. The monoisotopic (exact) mass is 437 g/mol. The number of amides is 2. The SMILES string of the molecule is O=C(NCCc1ccccc1)c1ccccc1NC(=O)C1NNC2CCC([N+](=O)[O-])CC21. The first-order chi connectivity index (χ1) is 15.5. The summed E-state index contributed by atoms with van der Waals surface area (Å²) in [7, 11) is 0. The molecule has 168 valence electrons. The molecule has 2 aliphatic rings. The van der Waals surface area contributed by atoms with Crippen LogP contribution in [0, 0.1) is 16.0 Å². The average molecular weight is 438 g/mol. The van der Waals surface area contributed by atoms with E-state index in [0.29, 0.717) is 43.5 Å². The summed E-state index contributed by atoms with van der Waals surface area (Å²) in [4.78, 5) is 36.7. The summed E-state index contributed by atoms with van der Waals surface area (Å²) in [5, 5.41) is 17.0. The molecular formula is C23H27N5O4. The van der Waals surface area contributed by atoms with E-state index in [0.717, 1.165) is 5.56 Å². The van der Waals surface area contributed by atoms with Crippen LogP contribution < -0.4 is 21.5 Å². The van der Waals surface area contributed by atoms with Crippen molar-refractivity contribution >= 4 is 17.5 Å². The molecule has 4 N–H and O–H groups in total. The van der Waals surface area contributed by atoms with E-state index in [1.807, 2.05) is 30.3 Å². The molecule has 4 unspecified atom stereocenters. The number of anilines is 1. The Labute approximate surface area is 186 Å². The fourth-order valence-corrected chi connectivity index (χ4v) is 4.55. The fraction of sp³-hybridized carbons (Fsp3) is 0.391. The first-order valence-electron chi connectivity index (χ1n) is 10.9. The first kappa shape index (κ1) is 21.9. The maximum absolute atomic E-state index is 13.0. The summed E-state index contributed by atoms with van der Waals surface area (Å²) < 4.78 is 0. The van der Waals surface area contributed by atoms with E-state index >= 15 is 0 Å². The minimum Gasteiger partial charge on any atom is -0.352 e. The molecule has 1 aliphatic carbocycles. The number of hydrazine groups is 1. The van der Waals surface area contributed by atoms with Crippen molar-refractivity contribution in [2.45, 2.75) is 43.8 Å². The Morgan fingerprint density at radius 3 is 2.56 bits per heavy atom. The quantitative estimate of drug-likeness (QED) is 0.387. The number of benzene rings is 2. The number of carbonyl (C=O) groups excluding carboxylic acids is 2. The number of hydrogen-bond acceptors (Lipinski definition) is 6. The van der Waals surface area contributed by atoms with Crippen molar-refractivity contribution in [1.29, 1.82) is 0 Å². The van der Waals surface area contributed by atoms with E-state index in [1.165, 1.54) is 0 Å². The van der Waals surface area contributed by atoms with Crippen molar-refractivity contribution < 1.29 is 14.5 Å². The predicted octanol–water partition coefficient (Wildman–Crippen LogP) is 1.89. The standard InChI is InChI=1S/C23H27N5O4/c29-22(24-13-12-15-6-2-1-3-7-15)17-8-4-5-9-19(17)25-23(30)21-18-14-16(28(31)32)10-11-20(18)26-27-21/h1-9,16,18,20-21,26-27H,10-14H2,(H,24,29)(H,25,30). The summed E-state index contributed by atoms with van der Waals surface area (Å²) in [5.41, 5.74) is 8.02. The molecule has 32 heavy (non-hydrogen) atoms. The topological polar surface area (TPSA) is 125 Å². The molecule has 9 heteroatoms. The van der Waals surface area contributed by atoms with Gasteiger partial charge in [-0.25, -0.2) is 5.43 Å². The largest absolute Gasteiger partial charge is 0.352 e. The van der Waals surface area contributed by atoms with Crippen LogP contribution in [0.2, 0.25) is 0 Å². The highest BCUT2D eigenvalue weighted by atomic mass is 16.6. The third-order valence-electron chi connectivity index (χ3n) is 6.28. The molecule has 2 aromatic rings. The Bertz CT molecular complexity index is 983. The van der Waals surface area contributed by atoms with Crippen LogP contribution in [0.5, 0.6) is 0 Å². The summed E-state index contributed by atoms with van der Waals surface area (Å²) >= 11 is 0. The highest BCUT2D eigenvalue weighted by molar-refractivity contribution is 6.05. The number of rotatable bonds is 7. The van der Waals surface area contributed by atoms with E-state index in [4.69, 9.17) is 0 Å². The highest BCUT2D eigenvalue weighted by Gasteiger charge is 2.46. The van der Waals surface area contributed by atoms with Gasteiger partial charge in [-0.1, -0.05) is 42.5 Å². The molecular weight excluding hydrogens is 410 g/mol. The lowest BCUT2D eigenvalue weighted by Crippen LogP contribution is -2.44. The highest BCUT2D eigenvalue weighted by Crippen LogP contribution is 2.32. The van der Waals surface area contributed by atoms with Gasteiger partial charge >= 0.3 is 0 Å². The number of nitro groups is 1. The molecule has 0 radical (unpaired) electrons. The normalized spacial score (nSPS) is 24.4. The van der Waals surface area contributed by atoms with Crippen LogP contribution in [-0.2, 0) is 11.2 Å². The van der Waals surface area contributed by atoms with Gasteiger partial charge in [0, 0.05) is 36.3 Å². The van der Waals surface area contributed by atoms with Gasteiger partial charge in [0.25, 0.3) is 5.91 Å². The zero-order valence-corrected chi connectivity index (χ0v) is 17.6. The lowest BCUT2D eigenvalue weighted by molar-refractivity contribution is -0.528. The number of hydrogen-bond donors (Lipinski definition) is 4. The summed E-state index contributed by atoms with van der Waals surface area (Å²) in [5.74, 6) is -0.747. The minimum atomic E-state index is -0.629. The zero-order valence-electron chi connectivity index (χ0n) is 17.6. The van der Waals surface area contributed by atoms with E-state index < -0.39 is 12.1 Å². The number of para-hydroxylation sites is 1. The van der Waals surface area contributed by atoms with Crippen LogP contribution in [0.15, 0.2) is 54.6 Å². The molecule has 0 aromatic heterocycles. The number of nitrogens with zero attached hydrogens (tertiary/aromatic N) is 1. The summed E-state index contributed by atoms with van der Waals surface area (Å²) in [6.45, 7) is 0.477. The molecule has 2 aromatic carbocycles. The van der Waals surface area contributed by atoms with Crippen molar-refractivity contribution in [2.24, 2.45) is 5.92 Å². The average Bonchev–Trinajstić information content (AvgIpc) is 3.23. The van der Waals surface area contributed by atoms with E-state index in [2.05, 4.69) is 21.5 Å². The van der Waals surface area contributed by atoms with Crippen molar-refractivity contribution in [3.63, 3.8) is 0 Å². The van der Waals surface area contributed by atoms with Gasteiger partial charge in [-0.05, 0) is 30.5 Å². The van der Waals surface area contributed by atoms with E-state index in [1.54, 1.807) is 24.3 Å². The van der Waals surface area contributed by atoms with Gasteiger partial charge in [-0.2, -0.15) is 0 Å². The zero-order chi connectivity index (χ0) is 22.5. The molecule has 1 heterocycles. The molecule has 1 saturated heterocycles. The molecule has 2 fully saturated rings.